The number of thioether (sulfide) groups is 2. The zero-order chi connectivity index (χ0) is 19.5. The van der Waals surface area contributed by atoms with Crippen LogP contribution in [-0.2, 0) is 0 Å². The van der Waals surface area contributed by atoms with Gasteiger partial charge in [-0.05, 0) is 43.6 Å². The molecule has 2 aliphatic heterocycles. The fourth-order valence-corrected chi connectivity index (χ4v) is 5.86. The highest BCUT2D eigenvalue weighted by atomic mass is 32.2. The van der Waals surface area contributed by atoms with Crippen molar-refractivity contribution >= 4 is 23.5 Å². The van der Waals surface area contributed by atoms with E-state index < -0.39 is 0 Å². The van der Waals surface area contributed by atoms with Crippen LogP contribution in [0.1, 0.15) is 91.9 Å². The molecule has 0 aromatic heterocycles. The highest BCUT2D eigenvalue weighted by molar-refractivity contribution is 8.06. The molecule has 0 spiro atoms. The summed E-state index contributed by atoms with van der Waals surface area (Å²) >= 11 is 3.89. The van der Waals surface area contributed by atoms with Gasteiger partial charge in [0.1, 0.15) is 5.37 Å². The lowest BCUT2D eigenvalue weighted by molar-refractivity contribution is 0.348. The van der Waals surface area contributed by atoms with Gasteiger partial charge in [0.25, 0.3) is 0 Å². The molecule has 1 atom stereocenters. The molecule has 2 heterocycles. The monoisotopic (exact) mass is 408 g/mol. The van der Waals surface area contributed by atoms with Gasteiger partial charge in [0.2, 0.25) is 0 Å². The van der Waals surface area contributed by atoms with E-state index in [1.165, 1.54) is 93.7 Å². The molecule has 0 aliphatic carbocycles. The second-order valence-electron chi connectivity index (χ2n) is 7.84. The van der Waals surface area contributed by atoms with Gasteiger partial charge in [0.05, 0.1) is 5.03 Å². The normalized spacial score (nSPS) is 21.3. The summed E-state index contributed by atoms with van der Waals surface area (Å²) in [6.07, 6.45) is 16.0. The zero-order valence-corrected chi connectivity index (χ0v) is 19.6. The average Bonchev–Trinajstić information content (AvgIpc) is 3.18. The summed E-state index contributed by atoms with van der Waals surface area (Å²) in [6, 6.07) is 0. The van der Waals surface area contributed by atoms with Crippen LogP contribution in [0, 0.1) is 0 Å². The predicted octanol–water partition coefficient (Wildman–Crippen LogP) is 7.91. The second kappa shape index (κ2) is 12.9. The van der Waals surface area contributed by atoms with Crippen molar-refractivity contribution < 1.29 is 0 Å². The molecule has 0 fully saturated rings. The smallest absolute Gasteiger partial charge is 0.100 e. The third kappa shape index (κ3) is 7.45. The van der Waals surface area contributed by atoms with Gasteiger partial charge in [0.15, 0.2) is 0 Å². The molecule has 0 saturated carbocycles. The maximum Gasteiger partial charge on any atom is 0.100 e. The molecule has 0 saturated heterocycles. The number of rotatable bonds is 13. The minimum atomic E-state index is 0.473. The van der Waals surface area contributed by atoms with E-state index in [1.807, 2.05) is 23.5 Å². The Morgan fingerprint density at radius 1 is 0.815 bits per heavy atom. The van der Waals surface area contributed by atoms with Crippen LogP contribution in [0.3, 0.4) is 0 Å². The van der Waals surface area contributed by atoms with E-state index in [4.69, 9.17) is 0 Å². The minimum absolute atomic E-state index is 0.473. The Kier molecular flexibility index (Phi) is 10.9. The summed E-state index contributed by atoms with van der Waals surface area (Å²) in [6.45, 7) is 11.5. The lowest BCUT2D eigenvalue weighted by Gasteiger charge is -2.28. The van der Waals surface area contributed by atoms with Crippen LogP contribution >= 0.6 is 23.5 Å². The first-order chi connectivity index (χ1) is 13.2. The van der Waals surface area contributed by atoms with E-state index in [2.05, 4.69) is 54.4 Å². The average molecular weight is 409 g/mol. The molecule has 27 heavy (non-hydrogen) atoms. The van der Waals surface area contributed by atoms with Gasteiger partial charge in [-0.1, -0.05) is 77.0 Å². The van der Waals surface area contributed by atoms with E-state index >= 15 is 0 Å². The Balaban J connectivity index is 1.86. The largest absolute Gasteiger partial charge is 0.359 e. The van der Waals surface area contributed by atoms with Gasteiger partial charge in [-0.15, -0.1) is 11.8 Å². The van der Waals surface area contributed by atoms with Crippen molar-refractivity contribution in [1.29, 1.82) is 0 Å². The van der Waals surface area contributed by atoms with Gasteiger partial charge < -0.3 is 9.80 Å². The van der Waals surface area contributed by atoms with Crippen LogP contribution in [-0.4, -0.2) is 28.3 Å². The molecule has 0 N–H and O–H groups in total. The molecule has 154 valence electrons. The number of hydrogen-bond donors (Lipinski definition) is 0. The number of unbranched alkanes of at least 4 members (excludes halogenated alkanes) is 8. The zero-order valence-electron chi connectivity index (χ0n) is 18.0. The molecule has 2 rings (SSSR count). The van der Waals surface area contributed by atoms with Gasteiger partial charge in [-0.2, -0.15) is 0 Å². The van der Waals surface area contributed by atoms with Crippen molar-refractivity contribution in [3.05, 3.63) is 33.3 Å². The Labute approximate surface area is 176 Å². The molecular formula is C23H40N2S2. The SMILES string of the molecule is CCCCCCCN1C(C)=CS/C1=C\C1SC=C(C)N1CCCCCCC. The van der Waals surface area contributed by atoms with Gasteiger partial charge in [-0.3, -0.25) is 0 Å². The topological polar surface area (TPSA) is 6.48 Å². The van der Waals surface area contributed by atoms with E-state index in [0.717, 1.165) is 0 Å². The van der Waals surface area contributed by atoms with Crippen molar-refractivity contribution in [1.82, 2.24) is 9.80 Å². The van der Waals surface area contributed by atoms with Crippen molar-refractivity contribution in [2.75, 3.05) is 13.1 Å². The summed E-state index contributed by atoms with van der Waals surface area (Å²) in [5.41, 5.74) is 2.86. The molecule has 0 bridgehead atoms. The predicted molar refractivity (Wildman–Crippen MR) is 125 cm³/mol. The summed E-state index contributed by atoms with van der Waals surface area (Å²) in [7, 11) is 0. The van der Waals surface area contributed by atoms with E-state index in [0.29, 0.717) is 5.37 Å². The van der Waals surface area contributed by atoms with Crippen LogP contribution in [0.4, 0.5) is 0 Å². The summed E-state index contributed by atoms with van der Waals surface area (Å²) in [5, 5.41) is 6.59. The molecule has 0 radical (unpaired) electrons. The first-order valence-electron chi connectivity index (χ1n) is 11.1. The highest BCUT2D eigenvalue weighted by Crippen LogP contribution is 2.39. The maximum absolute atomic E-state index is 2.61. The maximum atomic E-state index is 2.61. The van der Waals surface area contributed by atoms with E-state index in [-0.39, 0.29) is 0 Å². The first-order valence-corrected chi connectivity index (χ1v) is 12.9. The van der Waals surface area contributed by atoms with Crippen LogP contribution in [0.2, 0.25) is 0 Å². The molecular weight excluding hydrogens is 368 g/mol. The van der Waals surface area contributed by atoms with E-state index in [1.54, 1.807) is 0 Å². The summed E-state index contributed by atoms with van der Waals surface area (Å²) in [4.78, 5) is 5.15. The molecule has 2 aliphatic rings. The van der Waals surface area contributed by atoms with Crippen LogP contribution in [0.15, 0.2) is 33.3 Å². The Hall–Kier alpha value is -0.480. The summed E-state index contributed by atoms with van der Waals surface area (Å²) < 4.78 is 0. The lowest BCUT2D eigenvalue weighted by atomic mass is 10.1. The van der Waals surface area contributed by atoms with Crippen LogP contribution in [0.5, 0.6) is 0 Å². The number of allylic oxidation sites excluding steroid dienone is 2. The number of nitrogens with zero attached hydrogens (tertiary/aromatic N) is 2. The Bertz CT molecular complexity index is 524. The molecule has 1 unspecified atom stereocenters. The lowest BCUT2D eigenvalue weighted by Crippen LogP contribution is -2.28. The van der Waals surface area contributed by atoms with Gasteiger partial charge in [-0.25, -0.2) is 0 Å². The van der Waals surface area contributed by atoms with E-state index in [9.17, 15) is 0 Å². The van der Waals surface area contributed by atoms with Crippen molar-refractivity contribution in [3.8, 4) is 0 Å². The van der Waals surface area contributed by atoms with Gasteiger partial charge >= 0.3 is 0 Å². The third-order valence-electron chi connectivity index (χ3n) is 5.45. The van der Waals surface area contributed by atoms with Crippen molar-refractivity contribution in [3.63, 3.8) is 0 Å². The standard InChI is InChI=1S/C23H40N2S2/c1-5-7-9-11-13-15-24-20(3)18-26-22(24)17-23-25(21(4)19-27-23)16-14-12-10-8-6-2/h17-19,22H,5-16H2,1-4H3/b23-17-. The third-order valence-corrected chi connectivity index (χ3v) is 7.66. The Morgan fingerprint density at radius 3 is 2.11 bits per heavy atom. The molecule has 4 heteroatoms. The summed E-state index contributed by atoms with van der Waals surface area (Å²) in [5.74, 6) is 0. The van der Waals surface area contributed by atoms with Crippen LogP contribution in [0.25, 0.3) is 0 Å². The second-order valence-corrected chi connectivity index (χ2v) is 9.72. The molecule has 0 aromatic rings. The fraction of sp³-hybridized carbons (Fsp3) is 0.739. The highest BCUT2D eigenvalue weighted by Gasteiger charge is 2.25. The van der Waals surface area contributed by atoms with Gasteiger partial charge in [0, 0.05) is 24.5 Å². The molecule has 0 amide bonds. The minimum Gasteiger partial charge on any atom is -0.359 e. The van der Waals surface area contributed by atoms with Crippen LogP contribution < -0.4 is 0 Å². The fourth-order valence-electron chi connectivity index (χ4n) is 3.69. The Morgan fingerprint density at radius 2 is 1.44 bits per heavy atom. The van der Waals surface area contributed by atoms with Crippen molar-refractivity contribution in [2.45, 2.75) is 97.3 Å². The molecule has 0 aromatic carbocycles. The molecule has 2 nitrogen and oxygen atoms in total. The quantitative estimate of drug-likeness (QED) is 0.285. The van der Waals surface area contributed by atoms with Crippen molar-refractivity contribution in [2.24, 2.45) is 0 Å². The first kappa shape index (κ1) is 22.8. The number of hydrogen-bond acceptors (Lipinski definition) is 4.